The number of hydrogen-bond acceptors (Lipinski definition) is 11. The van der Waals surface area contributed by atoms with Crippen molar-refractivity contribution in [3.8, 4) is 0 Å². The van der Waals surface area contributed by atoms with E-state index < -0.39 is 34.9 Å². The van der Waals surface area contributed by atoms with E-state index in [1.165, 1.54) is 7.11 Å². The van der Waals surface area contributed by atoms with Gasteiger partial charge in [-0.05, 0) is 109 Å². The van der Waals surface area contributed by atoms with E-state index in [9.17, 15) is 33.6 Å². The number of carbonyl (C=O) groups is 7. The Balaban J connectivity index is 0.000000691. The standard InChI is InChI=1S/C28H48N4O5.C24H43N3O4.ClH/c1-18(2)22(17-19(3)25(34)32-16-12-14-21(32)27(36)37-9)31(8)26(35)23(28(4,5)6)29-24(33)20-13-10-11-15-30(20)7;1-10-31-23(30)17(4)15-19(16(2)3)27(9)22(29)20(24(5,6)7)25-21(28)18-13-11-12-14-26(18)8;/h17-18,20-23H,10-16H2,1-9H3,(H,29,33);15-16,18-20H,10-14H2,1-9H3,(H,25,28);1H/b19-17+;17-15+;/t20-,21+,22-,23-;18-,19-,20-;/m11./s1. The maximum Gasteiger partial charge on any atom is 0.333 e. The number of likely N-dealkylation sites (N-methyl/N-ethyl adjacent to an activating group) is 4. The molecular formula is C52H92ClN7O9. The summed E-state index contributed by atoms with van der Waals surface area (Å²) in [6, 6.07) is -3.06. The molecule has 0 aliphatic carbocycles. The molecule has 3 rings (SSSR count). The molecule has 3 saturated heterocycles. The van der Waals surface area contributed by atoms with Gasteiger partial charge in [0.1, 0.15) is 18.1 Å². The van der Waals surface area contributed by atoms with Crippen LogP contribution < -0.4 is 10.6 Å². The minimum absolute atomic E-state index is 0. The second kappa shape index (κ2) is 28.1. The van der Waals surface area contributed by atoms with Gasteiger partial charge in [-0.25, -0.2) is 9.59 Å². The molecule has 3 aliphatic heterocycles. The molecule has 3 heterocycles. The molecule has 0 unspecified atom stereocenters. The summed E-state index contributed by atoms with van der Waals surface area (Å²) in [6.45, 7) is 27.5. The Morgan fingerprint density at radius 1 is 0.638 bits per heavy atom. The van der Waals surface area contributed by atoms with Crippen molar-refractivity contribution in [1.29, 1.82) is 0 Å². The van der Waals surface area contributed by atoms with E-state index in [1.54, 1.807) is 55.6 Å². The zero-order chi connectivity index (χ0) is 52.0. The van der Waals surface area contributed by atoms with Crippen LogP contribution in [-0.4, -0.2) is 170 Å². The van der Waals surface area contributed by atoms with Gasteiger partial charge in [0, 0.05) is 31.8 Å². The van der Waals surface area contributed by atoms with Gasteiger partial charge in [0.05, 0.1) is 37.9 Å². The Kier molecular flexibility index (Phi) is 25.7. The second-order valence-electron chi connectivity index (χ2n) is 22.1. The van der Waals surface area contributed by atoms with Crippen LogP contribution in [-0.2, 0) is 43.0 Å². The number of halogens is 1. The average molecular weight is 995 g/mol. The first-order valence-corrected chi connectivity index (χ1v) is 25.0. The number of likely N-dealkylation sites (tertiary alicyclic amines) is 3. The van der Waals surface area contributed by atoms with Gasteiger partial charge in [-0.15, -0.1) is 12.4 Å². The highest BCUT2D eigenvalue weighted by Gasteiger charge is 2.41. The molecule has 3 aliphatic rings. The molecule has 396 valence electrons. The Hall–Kier alpha value is -4.02. The van der Waals surface area contributed by atoms with Crippen molar-refractivity contribution in [2.24, 2.45) is 22.7 Å². The highest BCUT2D eigenvalue weighted by molar-refractivity contribution is 5.96. The fourth-order valence-electron chi connectivity index (χ4n) is 9.30. The van der Waals surface area contributed by atoms with Crippen LogP contribution in [0.2, 0.25) is 0 Å². The average Bonchev–Trinajstić information content (AvgIpc) is 3.76. The summed E-state index contributed by atoms with van der Waals surface area (Å²) >= 11 is 0. The molecule has 0 aromatic heterocycles. The van der Waals surface area contributed by atoms with Crippen molar-refractivity contribution in [1.82, 2.24) is 35.1 Å². The lowest BCUT2D eigenvalue weighted by Crippen LogP contribution is -2.59. The van der Waals surface area contributed by atoms with E-state index in [2.05, 4.69) is 20.4 Å². The van der Waals surface area contributed by atoms with Crippen LogP contribution in [0.25, 0.3) is 0 Å². The van der Waals surface area contributed by atoms with Crippen LogP contribution in [0.3, 0.4) is 0 Å². The highest BCUT2D eigenvalue weighted by atomic mass is 35.5. The molecule has 0 aromatic carbocycles. The molecule has 16 nitrogen and oxygen atoms in total. The topological polar surface area (TPSA) is 178 Å². The van der Waals surface area contributed by atoms with Crippen molar-refractivity contribution in [2.75, 3.05) is 61.5 Å². The summed E-state index contributed by atoms with van der Waals surface area (Å²) in [5.41, 5.74) is -0.0155. The van der Waals surface area contributed by atoms with Crippen molar-refractivity contribution in [2.45, 2.75) is 184 Å². The van der Waals surface area contributed by atoms with Gasteiger partial charge >= 0.3 is 11.9 Å². The van der Waals surface area contributed by atoms with E-state index >= 15 is 0 Å². The fraction of sp³-hybridized carbons (Fsp3) is 0.788. The van der Waals surface area contributed by atoms with Gasteiger partial charge in [0.25, 0.3) is 0 Å². The van der Waals surface area contributed by atoms with Gasteiger partial charge in [-0.3, -0.25) is 33.8 Å². The van der Waals surface area contributed by atoms with E-state index in [4.69, 9.17) is 9.47 Å². The summed E-state index contributed by atoms with van der Waals surface area (Å²) in [5.74, 6) is -1.47. The van der Waals surface area contributed by atoms with E-state index in [0.717, 1.165) is 58.0 Å². The Morgan fingerprint density at radius 2 is 1.03 bits per heavy atom. The van der Waals surface area contributed by atoms with Gasteiger partial charge in [0.15, 0.2) is 0 Å². The first-order valence-electron chi connectivity index (χ1n) is 25.0. The quantitative estimate of drug-likeness (QED) is 0.137. The predicted molar refractivity (Wildman–Crippen MR) is 274 cm³/mol. The summed E-state index contributed by atoms with van der Waals surface area (Å²) in [7, 11) is 8.71. The van der Waals surface area contributed by atoms with Crippen LogP contribution in [0.1, 0.15) is 141 Å². The van der Waals surface area contributed by atoms with Gasteiger partial charge in [-0.2, -0.15) is 0 Å². The third kappa shape index (κ3) is 18.0. The zero-order valence-electron chi connectivity index (χ0n) is 45.7. The number of hydrogen-bond donors (Lipinski definition) is 2. The Bertz CT molecular complexity index is 1810. The zero-order valence-corrected chi connectivity index (χ0v) is 46.5. The molecule has 7 atom stereocenters. The SMILES string of the molecule is CCOC(=O)/C(C)=C/[C@H](C(C)C)N(C)C(=O)[C@@H](NC(=O)[C@H]1CCCCN1C)C(C)(C)C.COC(=O)[C@@H]1CCCN1C(=O)/C(C)=C/[C@H](C(C)C)N(C)C(=O)[C@@H](NC(=O)[C@H]1CCCCN1C)C(C)(C)C.Cl. The molecule has 69 heavy (non-hydrogen) atoms. The van der Waals surface area contributed by atoms with E-state index in [0.29, 0.717) is 30.7 Å². The highest BCUT2D eigenvalue weighted by Crippen LogP contribution is 2.28. The predicted octanol–water partition coefficient (Wildman–Crippen LogP) is 6.01. The number of carbonyl (C=O) groups excluding carboxylic acids is 7. The first-order chi connectivity index (χ1) is 31.5. The number of amides is 5. The normalized spacial score (nSPS) is 21.4. The summed E-state index contributed by atoms with van der Waals surface area (Å²) in [6.07, 6.45) is 10.7. The van der Waals surface area contributed by atoms with Gasteiger partial charge in [-0.1, -0.05) is 94.2 Å². The number of ether oxygens (including phenoxy) is 2. The largest absolute Gasteiger partial charge is 0.467 e. The molecule has 0 saturated carbocycles. The Morgan fingerprint density at radius 3 is 1.38 bits per heavy atom. The first kappa shape index (κ1) is 63.0. The maximum atomic E-state index is 13.8. The molecule has 17 heteroatoms. The molecule has 0 bridgehead atoms. The van der Waals surface area contributed by atoms with Crippen LogP contribution in [0, 0.1) is 22.7 Å². The lowest BCUT2D eigenvalue weighted by atomic mass is 9.84. The lowest BCUT2D eigenvalue weighted by Gasteiger charge is -2.39. The molecule has 5 amide bonds. The van der Waals surface area contributed by atoms with Crippen molar-refractivity contribution < 1.29 is 43.0 Å². The van der Waals surface area contributed by atoms with Crippen LogP contribution in [0.4, 0.5) is 0 Å². The maximum absolute atomic E-state index is 13.8. The van der Waals surface area contributed by atoms with Crippen LogP contribution in [0.5, 0.6) is 0 Å². The van der Waals surface area contributed by atoms with Crippen LogP contribution in [0.15, 0.2) is 23.3 Å². The summed E-state index contributed by atoms with van der Waals surface area (Å²) in [4.78, 5) is 100. The monoisotopic (exact) mass is 994 g/mol. The molecule has 2 N–H and O–H groups in total. The van der Waals surface area contributed by atoms with Crippen molar-refractivity contribution in [3.05, 3.63) is 23.3 Å². The molecule has 0 spiro atoms. The van der Waals surface area contributed by atoms with Crippen molar-refractivity contribution in [3.63, 3.8) is 0 Å². The summed E-state index contributed by atoms with van der Waals surface area (Å²) < 4.78 is 9.96. The van der Waals surface area contributed by atoms with Crippen molar-refractivity contribution >= 4 is 53.9 Å². The third-order valence-corrected chi connectivity index (χ3v) is 13.7. The number of methoxy groups -OCH3 is 1. The Labute approximate surface area is 421 Å². The number of esters is 2. The number of piperidine rings is 2. The number of rotatable bonds is 16. The van der Waals surface area contributed by atoms with E-state index in [1.807, 2.05) is 89.4 Å². The summed E-state index contributed by atoms with van der Waals surface area (Å²) in [5, 5.41) is 6.10. The van der Waals surface area contributed by atoms with E-state index in [-0.39, 0.29) is 83.9 Å². The third-order valence-electron chi connectivity index (χ3n) is 13.7. The fourth-order valence-corrected chi connectivity index (χ4v) is 9.30. The molecular weight excluding hydrogens is 902 g/mol. The van der Waals surface area contributed by atoms with Gasteiger partial charge < -0.3 is 34.8 Å². The number of nitrogens with one attached hydrogen (secondary N) is 2. The molecule has 0 radical (unpaired) electrons. The van der Waals surface area contributed by atoms with Gasteiger partial charge in [0.2, 0.25) is 29.5 Å². The molecule has 3 fully saturated rings. The number of nitrogens with zero attached hydrogens (tertiary/aromatic N) is 5. The lowest BCUT2D eigenvalue weighted by molar-refractivity contribution is -0.149. The minimum atomic E-state index is -0.715. The van der Waals surface area contributed by atoms with Crippen LogP contribution >= 0.6 is 12.4 Å². The second-order valence-corrected chi connectivity index (χ2v) is 22.1. The minimum Gasteiger partial charge on any atom is -0.467 e. The smallest absolute Gasteiger partial charge is 0.333 e. The molecule has 0 aromatic rings.